The van der Waals surface area contributed by atoms with Crippen LogP contribution < -0.4 is 10.5 Å². The van der Waals surface area contributed by atoms with Crippen LogP contribution >= 0.6 is 0 Å². The topological polar surface area (TPSA) is 55.5 Å². The maximum absolute atomic E-state index is 9.39. The minimum absolute atomic E-state index is 0.0114. The number of aliphatic hydroxyl groups is 1. The zero-order valence-electron chi connectivity index (χ0n) is 10.6. The number of hydrogen-bond donors (Lipinski definition) is 2. The van der Waals surface area contributed by atoms with Crippen LogP contribution in [0.3, 0.4) is 0 Å². The first kappa shape index (κ1) is 12.4. The molecule has 0 saturated heterocycles. The molecule has 1 aromatic carbocycles. The van der Waals surface area contributed by atoms with E-state index in [1.54, 1.807) is 0 Å². The molecule has 1 aliphatic carbocycles. The number of hydrogen-bond acceptors (Lipinski definition) is 3. The van der Waals surface area contributed by atoms with Gasteiger partial charge in [0.25, 0.3) is 0 Å². The van der Waals surface area contributed by atoms with Crippen LogP contribution in [-0.4, -0.2) is 23.9 Å². The summed E-state index contributed by atoms with van der Waals surface area (Å²) in [6, 6.07) is 6.11. The van der Waals surface area contributed by atoms with Gasteiger partial charge in [0.1, 0.15) is 12.4 Å². The minimum atomic E-state index is -0.573. The van der Waals surface area contributed by atoms with Crippen LogP contribution in [0.1, 0.15) is 24.0 Å². The molecule has 1 saturated carbocycles. The molecule has 0 heterocycles. The Balaban J connectivity index is 2.03. The Morgan fingerprint density at radius 1 is 1.41 bits per heavy atom. The number of nitrogens with two attached hydrogens (primary N) is 1. The molecule has 1 unspecified atom stereocenters. The molecule has 0 radical (unpaired) electrons. The maximum Gasteiger partial charge on any atom is 0.122 e. The summed E-state index contributed by atoms with van der Waals surface area (Å²) in [6.07, 6.45) is 2.21. The third kappa shape index (κ3) is 2.79. The molecule has 1 fully saturated rings. The zero-order valence-corrected chi connectivity index (χ0v) is 10.6. The Labute approximate surface area is 103 Å². The maximum atomic E-state index is 9.39. The molecule has 3 heteroatoms. The molecule has 0 aromatic heterocycles. The lowest BCUT2D eigenvalue weighted by Crippen LogP contribution is -2.51. The van der Waals surface area contributed by atoms with Gasteiger partial charge in [-0.15, -0.1) is 0 Å². The summed E-state index contributed by atoms with van der Waals surface area (Å²) >= 11 is 0. The third-order valence-electron chi connectivity index (χ3n) is 3.52. The van der Waals surface area contributed by atoms with E-state index in [4.69, 9.17) is 10.5 Å². The monoisotopic (exact) mass is 235 g/mol. The van der Waals surface area contributed by atoms with E-state index in [-0.39, 0.29) is 6.61 Å². The fourth-order valence-corrected chi connectivity index (χ4v) is 2.03. The number of rotatable bonds is 5. The lowest BCUT2D eigenvalue weighted by molar-refractivity contribution is 0.116. The average molecular weight is 235 g/mol. The molecule has 1 atom stereocenters. The molecule has 0 amide bonds. The molecule has 17 heavy (non-hydrogen) atoms. The van der Waals surface area contributed by atoms with Crippen LogP contribution in [0.25, 0.3) is 0 Å². The summed E-state index contributed by atoms with van der Waals surface area (Å²) < 4.78 is 5.79. The van der Waals surface area contributed by atoms with Gasteiger partial charge in [-0.05, 0) is 49.8 Å². The number of aryl methyl sites for hydroxylation is 2. The second-order valence-corrected chi connectivity index (χ2v) is 5.22. The summed E-state index contributed by atoms with van der Waals surface area (Å²) in [5.74, 6) is 1.28. The SMILES string of the molecule is Cc1ccc(C)c(OCC(N)(CO)C2CC2)c1. The molecule has 0 aliphatic heterocycles. The Kier molecular flexibility index (Phi) is 3.40. The van der Waals surface area contributed by atoms with Crippen LogP contribution in [0.15, 0.2) is 18.2 Å². The Morgan fingerprint density at radius 2 is 2.12 bits per heavy atom. The summed E-state index contributed by atoms with van der Waals surface area (Å²) in [6.45, 7) is 4.43. The van der Waals surface area contributed by atoms with E-state index >= 15 is 0 Å². The molecular formula is C14H21NO2. The molecule has 0 spiro atoms. The Bertz CT molecular complexity index is 401. The first-order valence-electron chi connectivity index (χ1n) is 6.15. The third-order valence-corrected chi connectivity index (χ3v) is 3.52. The Morgan fingerprint density at radius 3 is 2.71 bits per heavy atom. The van der Waals surface area contributed by atoms with Crippen molar-refractivity contribution in [1.82, 2.24) is 0 Å². The van der Waals surface area contributed by atoms with Crippen molar-refractivity contribution in [2.75, 3.05) is 13.2 Å². The number of ether oxygens (including phenoxy) is 1. The van der Waals surface area contributed by atoms with Gasteiger partial charge in [-0.1, -0.05) is 12.1 Å². The van der Waals surface area contributed by atoms with Gasteiger partial charge in [0.05, 0.1) is 12.1 Å². The second-order valence-electron chi connectivity index (χ2n) is 5.22. The second kappa shape index (κ2) is 4.67. The van der Waals surface area contributed by atoms with Crippen LogP contribution in [0.2, 0.25) is 0 Å². The van der Waals surface area contributed by atoms with Crippen molar-refractivity contribution < 1.29 is 9.84 Å². The number of aliphatic hydroxyl groups excluding tert-OH is 1. The van der Waals surface area contributed by atoms with Crippen molar-refractivity contribution in [2.45, 2.75) is 32.2 Å². The molecule has 0 bridgehead atoms. The molecule has 1 aliphatic rings. The quantitative estimate of drug-likeness (QED) is 0.818. The van der Waals surface area contributed by atoms with Gasteiger partial charge in [0.15, 0.2) is 0 Å². The standard InChI is InChI=1S/C14H21NO2/c1-10-3-4-11(2)13(7-10)17-9-14(15,8-16)12-5-6-12/h3-4,7,12,16H,5-6,8-9,15H2,1-2H3. The molecule has 3 N–H and O–H groups in total. The van der Waals surface area contributed by atoms with Gasteiger partial charge >= 0.3 is 0 Å². The normalized spacial score (nSPS) is 18.8. The highest BCUT2D eigenvalue weighted by Gasteiger charge is 2.42. The molecule has 94 valence electrons. The summed E-state index contributed by atoms with van der Waals surface area (Å²) in [7, 11) is 0. The summed E-state index contributed by atoms with van der Waals surface area (Å²) in [4.78, 5) is 0. The van der Waals surface area contributed by atoms with E-state index in [1.807, 2.05) is 26.0 Å². The van der Waals surface area contributed by atoms with Gasteiger partial charge in [0.2, 0.25) is 0 Å². The highest BCUT2D eigenvalue weighted by Crippen LogP contribution is 2.38. The van der Waals surface area contributed by atoms with Crippen molar-refractivity contribution in [2.24, 2.45) is 11.7 Å². The predicted octanol–water partition coefficient (Wildman–Crippen LogP) is 1.78. The van der Waals surface area contributed by atoms with Crippen molar-refractivity contribution in [3.05, 3.63) is 29.3 Å². The lowest BCUT2D eigenvalue weighted by Gasteiger charge is -2.27. The molecule has 2 rings (SSSR count). The predicted molar refractivity (Wildman–Crippen MR) is 68.1 cm³/mol. The van der Waals surface area contributed by atoms with Crippen LogP contribution in [-0.2, 0) is 0 Å². The van der Waals surface area contributed by atoms with Crippen molar-refractivity contribution >= 4 is 0 Å². The highest BCUT2D eigenvalue weighted by molar-refractivity contribution is 5.36. The van der Waals surface area contributed by atoms with Crippen LogP contribution in [0.5, 0.6) is 5.75 Å². The van der Waals surface area contributed by atoms with E-state index in [0.717, 1.165) is 24.2 Å². The molecular weight excluding hydrogens is 214 g/mol. The smallest absolute Gasteiger partial charge is 0.122 e. The summed E-state index contributed by atoms with van der Waals surface area (Å²) in [5, 5.41) is 9.39. The number of benzene rings is 1. The van der Waals surface area contributed by atoms with Gasteiger partial charge in [-0.25, -0.2) is 0 Å². The van der Waals surface area contributed by atoms with E-state index in [2.05, 4.69) is 6.07 Å². The summed E-state index contributed by atoms with van der Waals surface area (Å²) in [5.41, 5.74) is 7.86. The van der Waals surface area contributed by atoms with Gasteiger partial charge in [-0.2, -0.15) is 0 Å². The average Bonchev–Trinajstić information content (AvgIpc) is 3.14. The minimum Gasteiger partial charge on any atom is -0.491 e. The first-order chi connectivity index (χ1) is 8.05. The largest absolute Gasteiger partial charge is 0.491 e. The first-order valence-corrected chi connectivity index (χ1v) is 6.15. The fourth-order valence-electron chi connectivity index (χ4n) is 2.03. The van der Waals surface area contributed by atoms with Gasteiger partial charge < -0.3 is 15.6 Å². The highest BCUT2D eigenvalue weighted by atomic mass is 16.5. The van der Waals surface area contributed by atoms with Crippen LogP contribution in [0.4, 0.5) is 0 Å². The van der Waals surface area contributed by atoms with E-state index in [9.17, 15) is 5.11 Å². The van der Waals surface area contributed by atoms with E-state index in [1.165, 1.54) is 5.56 Å². The zero-order chi connectivity index (χ0) is 12.5. The van der Waals surface area contributed by atoms with Gasteiger partial charge in [0, 0.05) is 0 Å². The molecule has 3 nitrogen and oxygen atoms in total. The van der Waals surface area contributed by atoms with Crippen molar-refractivity contribution in [3.8, 4) is 5.75 Å². The van der Waals surface area contributed by atoms with E-state index < -0.39 is 5.54 Å². The van der Waals surface area contributed by atoms with Gasteiger partial charge in [-0.3, -0.25) is 0 Å². The van der Waals surface area contributed by atoms with Crippen molar-refractivity contribution in [3.63, 3.8) is 0 Å². The Hall–Kier alpha value is -1.06. The lowest BCUT2D eigenvalue weighted by atomic mass is 9.97. The van der Waals surface area contributed by atoms with E-state index in [0.29, 0.717) is 12.5 Å². The molecule has 1 aromatic rings. The fraction of sp³-hybridized carbons (Fsp3) is 0.571. The van der Waals surface area contributed by atoms with Crippen molar-refractivity contribution in [1.29, 1.82) is 0 Å². The van der Waals surface area contributed by atoms with Crippen LogP contribution in [0, 0.1) is 19.8 Å².